The lowest BCUT2D eigenvalue weighted by Crippen LogP contribution is -2.15. The molecular formula is C19H18N6O3S. The summed E-state index contributed by atoms with van der Waals surface area (Å²) in [6.07, 6.45) is 3.20. The average Bonchev–Trinajstić information content (AvgIpc) is 3.40. The van der Waals surface area contributed by atoms with Crippen molar-refractivity contribution in [3.05, 3.63) is 47.3 Å². The number of pyridine rings is 1. The topological polar surface area (TPSA) is 129 Å². The molecule has 2 amide bonds. The summed E-state index contributed by atoms with van der Waals surface area (Å²) in [5.41, 5.74) is 7.23. The molecule has 4 rings (SSSR count). The second kappa shape index (κ2) is 7.47. The van der Waals surface area contributed by atoms with Gasteiger partial charge in [-0.05, 0) is 32.0 Å². The third-order valence-corrected chi connectivity index (χ3v) is 5.01. The van der Waals surface area contributed by atoms with Crippen LogP contribution < -0.4 is 11.1 Å². The van der Waals surface area contributed by atoms with Crippen LogP contribution in [0.4, 0.5) is 5.13 Å². The summed E-state index contributed by atoms with van der Waals surface area (Å²) >= 11 is 1.23. The van der Waals surface area contributed by atoms with Crippen molar-refractivity contribution in [3.8, 4) is 11.5 Å². The molecule has 0 unspecified atom stereocenters. The number of rotatable bonds is 6. The maximum Gasteiger partial charge on any atom is 0.258 e. The van der Waals surface area contributed by atoms with Gasteiger partial charge in [-0.1, -0.05) is 0 Å². The fraction of sp³-hybridized carbons (Fsp3) is 0.211. The Kier molecular flexibility index (Phi) is 4.85. The van der Waals surface area contributed by atoms with Gasteiger partial charge in [-0.15, -0.1) is 11.3 Å². The van der Waals surface area contributed by atoms with Crippen molar-refractivity contribution in [2.24, 2.45) is 5.73 Å². The zero-order chi connectivity index (χ0) is 20.5. The quantitative estimate of drug-likeness (QED) is 0.503. The molecular weight excluding hydrogens is 392 g/mol. The first kappa shape index (κ1) is 18.8. The first-order valence-corrected chi connectivity index (χ1v) is 9.76. The van der Waals surface area contributed by atoms with Crippen LogP contribution in [0.3, 0.4) is 0 Å². The Morgan fingerprint density at radius 3 is 2.86 bits per heavy atom. The van der Waals surface area contributed by atoms with Gasteiger partial charge in [0, 0.05) is 11.4 Å². The van der Waals surface area contributed by atoms with Gasteiger partial charge >= 0.3 is 0 Å². The minimum Gasteiger partial charge on any atom is -0.463 e. The van der Waals surface area contributed by atoms with Crippen molar-refractivity contribution in [1.82, 2.24) is 19.7 Å². The molecule has 0 aliphatic rings. The number of hydrogen-bond acceptors (Lipinski definition) is 7. The summed E-state index contributed by atoms with van der Waals surface area (Å²) in [7, 11) is 0. The summed E-state index contributed by atoms with van der Waals surface area (Å²) in [4.78, 5) is 33.0. The van der Waals surface area contributed by atoms with E-state index in [0.29, 0.717) is 38.9 Å². The lowest BCUT2D eigenvalue weighted by Gasteiger charge is -2.09. The number of thiazole rings is 1. The van der Waals surface area contributed by atoms with E-state index < -0.39 is 5.91 Å². The second-order valence-corrected chi connectivity index (χ2v) is 7.55. The maximum atomic E-state index is 13.0. The molecule has 0 fully saturated rings. The first-order chi connectivity index (χ1) is 13.9. The number of amides is 2. The molecule has 4 heterocycles. The van der Waals surface area contributed by atoms with Gasteiger partial charge in [0.25, 0.3) is 5.91 Å². The normalized spacial score (nSPS) is 11.3. The van der Waals surface area contributed by atoms with Crippen LogP contribution in [0.15, 0.2) is 40.5 Å². The number of nitrogens with one attached hydrogen (secondary N) is 1. The van der Waals surface area contributed by atoms with E-state index >= 15 is 0 Å². The van der Waals surface area contributed by atoms with E-state index in [2.05, 4.69) is 20.4 Å². The van der Waals surface area contributed by atoms with Crippen LogP contribution >= 0.6 is 11.3 Å². The van der Waals surface area contributed by atoms with Gasteiger partial charge in [0.05, 0.1) is 35.5 Å². The van der Waals surface area contributed by atoms with E-state index in [1.54, 1.807) is 40.7 Å². The summed E-state index contributed by atoms with van der Waals surface area (Å²) in [5.74, 6) is -0.280. The van der Waals surface area contributed by atoms with E-state index in [0.717, 1.165) is 0 Å². The van der Waals surface area contributed by atoms with E-state index in [1.807, 2.05) is 13.8 Å². The predicted molar refractivity (Wildman–Crippen MR) is 109 cm³/mol. The highest BCUT2D eigenvalue weighted by Gasteiger charge is 2.20. The number of nitrogens with zero attached hydrogens (tertiary/aromatic N) is 4. The Labute approximate surface area is 169 Å². The van der Waals surface area contributed by atoms with Crippen molar-refractivity contribution in [3.63, 3.8) is 0 Å². The number of carbonyl (C=O) groups excluding carboxylic acids is 2. The fourth-order valence-electron chi connectivity index (χ4n) is 2.92. The van der Waals surface area contributed by atoms with Gasteiger partial charge in [-0.25, -0.2) is 14.6 Å². The zero-order valence-corrected chi connectivity index (χ0v) is 16.6. The zero-order valence-electron chi connectivity index (χ0n) is 15.7. The number of furan rings is 1. The molecule has 10 heteroatoms. The van der Waals surface area contributed by atoms with E-state index in [9.17, 15) is 9.59 Å². The van der Waals surface area contributed by atoms with E-state index in [4.69, 9.17) is 10.2 Å². The Bertz CT molecular complexity index is 1190. The number of aromatic nitrogens is 4. The third-order valence-electron chi connectivity index (χ3n) is 4.20. The van der Waals surface area contributed by atoms with Crippen molar-refractivity contribution in [2.45, 2.75) is 26.3 Å². The molecule has 4 aromatic rings. The lowest BCUT2D eigenvalue weighted by atomic mass is 10.1. The Balaban J connectivity index is 1.74. The minimum atomic E-state index is -0.479. The monoisotopic (exact) mass is 410 g/mol. The van der Waals surface area contributed by atoms with E-state index in [-0.39, 0.29) is 18.4 Å². The smallest absolute Gasteiger partial charge is 0.258 e. The van der Waals surface area contributed by atoms with Gasteiger partial charge in [0.15, 0.2) is 16.5 Å². The Morgan fingerprint density at radius 2 is 2.17 bits per heavy atom. The molecule has 0 aromatic carbocycles. The highest BCUT2D eigenvalue weighted by atomic mass is 32.1. The molecule has 0 spiro atoms. The van der Waals surface area contributed by atoms with Crippen LogP contribution in [-0.2, 0) is 11.2 Å². The summed E-state index contributed by atoms with van der Waals surface area (Å²) in [6, 6.07) is 5.28. The number of carbonyl (C=O) groups is 2. The number of anilines is 1. The molecule has 0 bridgehead atoms. The van der Waals surface area contributed by atoms with Crippen LogP contribution in [0.25, 0.3) is 22.5 Å². The number of fused-ring (bicyclic) bond motifs is 1. The highest BCUT2D eigenvalue weighted by Crippen LogP contribution is 2.27. The van der Waals surface area contributed by atoms with Crippen LogP contribution in [0.1, 0.15) is 35.9 Å². The standard InChI is InChI=1S/C19H18N6O3S/c1-10(2)25-17-13(8-21-25)12(7-14(23-17)15-4-3-5-28-15)18(27)24-19-22-11(9-29-19)6-16(20)26/h3-5,7-10H,6H2,1-2H3,(H2,20,26)(H,22,24,27). The third kappa shape index (κ3) is 3.74. The molecule has 3 N–H and O–H groups in total. The van der Waals surface area contributed by atoms with Gasteiger partial charge < -0.3 is 10.2 Å². The molecule has 29 heavy (non-hydrogen) atoms. The number of primary amides is 1. The first-order valence-electron chi connectivity index (χ1n) is 8.88. The molecule has 148 valence electrons. The minimum absolute atomic E-state index is 0.0235. The van der Waals surface area contributed by atoms with Crippen molar-refractivity contribution < 1.29 is 14.0 Å². The lowest BCUT2D eigenvalue weighted by molar-refractivity contribution is -0.117. The maximum absolute atomic E-state index is 13.0. The van der Waals surface area contributed by atoms with Crippen molar-refractivity contribution >= 4 is 39.3 Å². The molecule has 4 aromatic heterocycles. The molecule has 0 saturated heterocycles. The number of nitrogens with two attached hydrogens (primary N) is 1. The van der Waals surface area contributed by atoms with Gasteiger partial charge in [0.2, 0.25) is 5.91 Å². The summed E-state index contributed by atoms with van der Waals surface area (Å²) in [5, 5.41) is 9.85. The van der Waals surface area contributed by atoms with Crippen molar-refractivity contribution in [2.75, 3.05) is 5.32 Å². The van der Waals surface area contributed by atoms with Crippen molar-refractivity contribution in [1.29, 1.82) is 0 Å². The molecule has 9 nitrogen and oxygen atoms in total. The molecule has 0 aliphatic heterocycles. The van der Waals surface area contributed by atoms with E-state index in [1.165, 1.54) is 11.3 Å². The van der Waals surface area contributed by atoms with Crippen LogP contribution in [0.2, 0.25) is 0 Å². The molecule has 0 radical (unpaired) electrons. The predicted octanol–water partition coefficient (Wildman–Crippen LogP) is 3.01. The van der Waals surface area contributed by atoms with Crippen LogP contribution in [0.5, 0.6) is 0 Å². The Morgan fingerprint density at radius 1 is 1.34 bits per heavy atom. The average molecular weight is 410 g/mol. The largest absolute Gasteiger partial charge is 0.463 e. The van der Waals surface area contributed by atoms with Crippen LogP contribution in [-0.4, -0.2) is 31.6 Å². The Hall–Kier alpha value is -3.53. The van der Waals surface area contributed by atoms with Gasteiger partial charge in [-0.2, -0.15) is 5.10 Å². The highest BCUT2D eigenvalue weighted by molar-refractivity contribution is 7.14. The number of hydrogen-bond donors (Lipinski definition) is 2. The SMILES string of the molecule is CC(C)n1ncc2c(C(=O)Nc3nc(CC(N)=O)cs3)cc(-c3ccco3)nc21. The summed E-state index contributed by atoms with van der Waals surface area (Å²) < 4.78 is 7.22. The molecule has 0 saturated carbocycles. The second-order valence-electron chi connectivity index (χ2n) is 6.69. The van der Waals surface area contributed by atoms with Gasteiger partial charge in [-0.3, -0.25) is 14.9 Å². The molecule has 0 atom stereocenters. The fourth-order valence-corrected chi connectivity index (χ4v) is 3.63. The summed E-state index contributed by atoms with van der Waals surface area (Å²) in [6.45, 7) is 3.98. The van der Waals surface area contributed by atoms with Crippen LogP contribution in [0, 0.1) is 0 Å². The molecule has 0 aliphatic carbocycles. The van der Waals surface area contributed by atoms with Gasteiger partial charge in [0.1, 0.15) is 5.69 Å².